The van der Waals surface area contributed by atoms with E-state index in [0.29, 0.717) is 29.5 Å². The second-order valence-corrected chi connectivity index (χ2v) is 5.42. The largest absolute Gasteiger partial charge is 0.375 e. The standard InChI is InChI=1S/C14H11N3O2S/c15-7-9-1-3-10(4-2-9)13(18)17-14-16-11-5-6-19-8-12(11)20-14/h1-4H,5-6,8H2,(H,16,17,18). The number of carbonyl (C=O) groups is 1. The zero-order valence-corrected chi connectivity index (χ0v) is 11.4. The minimum atomic E-state index is -0.221. The molecule has 1 N–H and O–H groups in total. The van der Waals surface area contributed by atoms with Crippen molar-refractivity contribution in [3.63, 3.8) is 0 Å². The van der Waals surface area contributed by atoms with E-state index in [1.54, 1.807) is 24.3 Å². The summed E-state index contributed by atoms with van der Waals surface area (Å²) in [6, 6.07) is 8.52. The minimum absolute atomic E-state index is 0.221. The quantitative estimate of drug-likeness (QED) is 0.919. The van der Waals surface area contributed by atoms with Gasteiger partial charge in [-0.3, -0.25) is 10.1 Å². The van der Waals surface area contributed by atoms with Gasteiger partial charge in [0.05, 0.1) is 35.4 Å². The van der Waals surface area contributed by atoms with E-state index in [1.165, 1.54) is 11.3 Å². The highest BCUT2D eigenvalue weighted by atomic mass is 32.1. The number of benzene rings is 1. The molecule has 5 nitrogen and oxygen atoms in total. The van der Waals surface area contributed by atoms with Crippen LogP contribution in [0.2, 0.25) is 0 Å². The van der Waals surface area contributed by atoms with Crippen molar-refractivity contribution < 1.29 is 9.53 Å². The molecule has 20 heavy (non-hydrogen) atoms. The number of nitrogens with zero attached hydrogens (tertiary/aromatic N) is 2. The number of aromatic nitrogens is 1. The maximum absolute atomic E-state index is 12.1. The number of nitrogens with one attached hydrogen (secondary N) is 1. The van der Waals surface area contributed by atoms with Crippen LogP contribution in [0, 0.1) is 11.3 Å². The van der Waals surface area contributed by atoms with Gasteiger partial charge in [-0.25, -0.2) is 4.98 Å². The van der Waals surface area contributed by atoms with Crippen LogP contribution in [-0.4, -0.2) is 17.5 Å². The summed E-state index contributed by atoms with van der Waals surface area (Å²) in [7, 11) is 0. The summed E-state index contributed by atoms with van der Waals surface area (Å²) in [5, 5.41) is 12.1. The van der Waals surface area contributed by atoms with Gasteiger partial charge in [0.2, 0.25) is 0 Å². The number of hydrogen-bond donors (Lipinski definition) is 1. The summed E-state index contributed by atoms with van der Waals surface area (Å²) in [5.41, 5.74) is 2.05. The van der Waals surface area contributed by atoms with Crippen molar-refractivity contribution in [2.24, 2.45) is 0 Å². The van der Waals surface area contributed by atoms with Crippen molar-refractivity contribution in [1.29, 1.82) is 5.26 Å². The Hall–Kier alpha value is -2.23. The number of ether oxygens (including phenoxy) is 1. The molecule has 0 spiro atoms. The summed E-state index contributed by atoms with van der Waals surface area (Å²) < 4.78 is 5.35. The van der Waals surface area contributed by atoms with E-state index in [4.69, 9.17) is 10.00 Å². The third kappa shape index (κ3) is 2.54. The molecule has 1 aliphatic rings. The molecule has 1 aromatic carbocycles. The molecule has 100 valence electrons. The highest BCUT2D eigenvalue weighted by Gasteiger charge is 2.17. The van der Waals surface area contributed by atoms with Crippen molar-refractivity contribution in [2.75, 3.05) is 11.9 Å². The Balaban J connectivity index is 1.75. The summed E-state index contributed by atoms with van der Waals surface area (Å²) in [5.74, 6) is -0.221. The molecule has 6 heteroatoms. The Kier molecular flexibility index (Phi) is 3.46. The summed E-state index contributed by atoms with van der Waals surface area (Å²) in [6.45, 7) is 1.25. The molecule has 0 saturated heterocycles. The van der Waals surface area contributed by atoms with E-state index in [9.17, 15) is 4.79 Å². The molecule has 0 fully saturated rings. The van der Waals surface area contributed by atoms with Crippen LogP contribution in [0.5, 0.6) is 0 Å². The van der Waals surface area contributed by atoms with Gasteiger partial charge < -0.3 is 4.74 Å². The zero-order chi connectivity index (χ0) is 13.9. The summed E-state index contributed by atoms with van der Waals surface area (Å²) in [6.07, 6.45) is 0.790. The Morgan fingerprint density at radius 1 is 1.40 bits per heavy atom. The molecule has 3 rings (SSSR count). The number of amides is 1. The normalized spacial score (nSPS) is 13.3. The molecule has 1 amide bonds. The van der Waals surface area contributed by atoms with Crippen LogP contribution in [0.3, 0.4) is 0 Å². The molecule has 0 radical (unpaired) electrons. The topological polar surface area (TPSA) is 75.0 Å². The lowest BCUT2D eigenvalue weighted by atomic mass is 10.1. The number of nitriles is 1. The van der Waals surface area contributed by atoms with Crippen molar-refractivity contribution >= 4 is 22.4 Å². The van der Waals surface area contributed by atoms with Crippen LogP contribution >= 0.6 is 11.3 Å². The average molecular weight is 285 g/mol. The Morgan fingerprint density at radius 2 is 2.20 bits per heavy atom. The molecule has 0 unspecified atom stereocenters. The predicted octanol–water partition coefficient (Wildman–Crippen LogP) is 2.34. The third-order valence-electron chi connectivity index (χ3n) is 2.99. The van der Waals surface area contributed by atoms with Gasteiger partial charge in [-0.2, -0.15) is 5.26 Å². The van der Waals surface area contributed by atoms with Crippen LogP contribution in [0.4, 0.5) is 5.13 Å². The lowest BCUT2D eigenvalue weighted by Gasteiger charge is -2.08. The lowest BCUT2D eigenvalue weighted by Crippen LogP contribution is -2.12. The molecule has 2 aromatic rings. The van der Waals surface area contributed by atoms with E-state index in [1.807, 2.05) is 6.07 Å². The van der Waals surface area contributed by atoms with Crippen molar-refractivity contribution in [2.45, 2.75) is 13.0 Å². The van der Waals surface area contributed by atoms with Gasteiger partial charge in [-0.05, 0) is 24.3 Å². The number of thiazole rings is 1. The first-order valence-electron chi connectivity index (χ1n) is 6.14. The second-order valence-electron chi connectivity index (χ2n) is 4.33. The van der Waals surface area contributed by atoms with Crippen LogP contribution in [-0.2, 0) is 17.8 Å². The van der Waals surface area contributed by atoms with Gasteiger partial charge >= 0.3 is 0 Å². The SMILES string of the molecule is N#Cc1ccc(C(=O)Nc2nc3c(s2)COCC3)cc1. The van der Waals surface area contributed by atoms with Crippen LogP contribution in [0.1, 0.15) is 26.5 Å². The molecule has 1 aromatic heterocycles. The number of hydrogen-bond acceptors (Lipinski definition) is 5. The van der Waals surface area contributed by atoms with Crippen molar-refractivity contribution in [3.05, 3.63) is 46.0 Å². The van der Waals surface area contributed by atoms with Crippen LogP contribution < -0.4 is 5.32 Å². The fourth-order valence-corrected chi connectivity index (χ4v) is 2.88. The lowest BCUT2D eigenvalue weighted by molar-refractivity contribution is 0.102. The molecule has 1 aliphatic heterocycles. The summed E-state index contributed by atoms with van der Waals surface area (Å²) in [4.78, 5) is 17.5. The van der Waals surface area contributed by atoms with Gasteiger partial charge in [0.1, 0.15) is 0 Å². The highest BCUT2D eigenvalue weighted by Crippen LogP contribution is 2.27. The van der Waals surface area contributed by atoms with E-state index in [2.05, 4.69) is 10.3 Å². The van der Waals surface area contributed by atoms with Crippen LogP contribution in [0.25, 0.3) is 0 Å². The van der Waals surface area contributed by atoms with Gasteiger partial charge in [0, 0.05) is 12.0 Å². The smallest absolute Gasteiger partial charge is 0.257 e. The van der Waals surface area contributed by atoms with E-state index < -0.39 is 0 Å². The summed E-state index contributed by atoms with van der Waals surface area (Å²) >= 11 is 1.45. The Morgan fingerprint density at radius 3 is 2.90 bits per heavy atom. The van der Waals surface area contributed by atoms with Gasteiger partial charge in [0.25, 0.3) is 5.91 Å². The first kappa shape index (κ1) is 12.8. The molecule has 0 atom stereocenters. The highest BCUT2D eigenvalue weighted by molar-refractivity contribution is 7.15. The molecular weight excluding hydrogens is 274 g/mol. The number of anilines is 1. The number of fused-ring (bicyclic) bond motifs is 1. The number of rotatable bonds is 2. The fraction of sp³-hybridized carbons (Fsp3) is 0.214. The first-order chi connectivity index (χ1) is 9.76. The maximum atomic E-state index is 12.1. The zero-order valence-electron chi connectivity index (χ0n) is 10.5. The Labute approximate surface area is 119 Å². The van der Waals surface area contributed by atoms with Crippen molar-refractivity contribution in [3.8, 4) is 6.07 Å². The van der Waals surface area contributed by atoms with E-state index >= 15 is 0 Å². The first-order valence-corrected chi connectivity index (χ1v) is 6.96. The van der Waals surface area contributed by atoms with Gasteiger partial charge in [0.15, 0.2) is 5.13 Å². The molecular formula is C14H11N3O2S. The predicted molar refractivity (Wildman–Crippen MR) is 74.6 cm³/mol. The average Bonchev–Trinajstić information content (AvgIpc) is 2.89. The van der Waals surface area contributed by atoms with Crippen molar-refractivity contribution in [1.82, 2.24) is 4.98 Å². The molecule has 0 aliphatic carbocycles. The molecule has 0 saturated carbocycles. The van der Waals surface area contributed by atoms with E-state index in [-0.39, 0.29) is 5.91 Å². The van der Waals surface area contributed by atoms with Crippen LogP contribution in [0.15, 0.2) is 24.3 Å². The monoisotopic (exact) mass is 285 g/mol. The molecule has 2 heterocycles. The fourth-order valence-electron chi connectivity index (χ4n) is 1.94. The minimum Gasteiger partial charge on any atom is -0.375 e. The maximum Gasteiger partial charge on any atom is 0.257 e. The Bertz CT molecular complexity index is 662. The van der Waals surface area contributed by atoms with Gasteiger partial charge in [-0.15, -0.1) is 0 Å². The molecule has 0 bridgehead atoms. The van der Waals surface area contributed by atoms with E-state index in [0.717, 1.165) is 17.0 Å². The third-order valence-corrected chi connectivity index (χ3v) is 3.98. The second kappa shape index (κ2) is 5.41. The number of carbonyl (C=O) groups excluding carboxylic acids is 1. The van der Waals surface area contributed by atoms with Gasteiger partial charge in [-0.1, -0.05) is 11.3 Å².